The maximum absolute atomic E-state index is 2.67. The highest BCUT2D eigenvalue weighted by Gasteiger charge is 2.66. The first-order valence-corrected chi connectivity index (χ1v) is 22.2. The average molecular weight is 748 g/mol. The Labute approximate surface area is 343 Å². The standard InChI is InChI=1S/C57H49N/c1-4-14-38(15-5-1)40-31-41(39-16-6-2-7-17-39)34-46(33-40)58(44-23-25-52-50(35-44)48-19-8-10-20-51(48)56(52)26-12-3-13-27-56)45-22-24-49-47-18-9-11-21-53(47)57(55(49)36-45)43-29-37-28-42(32-43)54(57)30-37/h1-2,4-11,14-25,31,33-37,42-43,54H,3,12-13,26-30,32H2. The zero-order valence-electron chi connectivity index (χ0n) is 33.2. The second-order valence-corrected chi connectivity index (χ2v) is 18.8. The maximum atomic E-state index is 2.67. The molecule has 1 heteroatoms. The molecule has 7 aliphatic rings. The van der Waals surface area contributed by atoms with Gasteiger partial charge in [-0.25, -0.2) is 0 Å². The van der Waals surface area contributed by atoms with Gasteiger partial charge in [0.15, 0.2) is 0 Å². The summed E-state index contributed by atoms with van der Waals surface area (Å²) in [5, 5.41) is 0. The Morgan fingerprint density at radius 2 is 1.00 bits per heavy atom. The maximum Gasteiger partial charge on any atom is 0.0473 e. The molecule has 0 aliphatic heterocycles. The van der Waals surface area contributed by atoms with Crippen LogP contribution in [0.15, 0.2) is 164 Å². The van der Waals surface area contributed by atoms with E-state index in [1.54, 1.807) is 22.3 Å². The van der Waals surface area contributed by atoms with E-state index in [4.69, 9.17) is 0 Å². The van der Waals surface area contributed by atoms with Gasteiger partial charge in [0.25, 0.3) is 0 Å². The van der Waals surface area contributed by atoms with Crippen molar-refractivity contribution in [1.29, 1.82) is 0 Å². The first-order chi connectivity index (χ1) is 28.7. The Hall–Kier alpha value is -5.66. The number of rotatable bonds is 5. The number of benzene rings is 7. The fourth-order valence-electron chi connectivity index (χ4n) is 14.2. The van der Waals surface area contributed by atoms with Crippen LogP contribution in [0, 0.1) is 23.7 Å². The molecule has 5 saturated carbocycles. The third kappa shape index (κ3) is 4.54. The molecule has 0 heterocycles. The van der Waals surface area contributed by atoms with E-state index in [0.29, 0.717) is 0 Å². The molecule has 7 aliphatic carbocycles. The van der Waals surface area contributed by atoms with E-state index in [-0.39, 0.29) is 10.8 Å². The number of anilines is 3. The van der Waals surface area contributed by atoms with Gasteiger partial charge in [0, 0.05) is 27.9 Å². The predicted molar refractivity (Wildman–Crippen MR) is 240 cm³/mol. The van der Waals surface area contributed by atoms with Gasteiger partial charge in [-0.15, -0.1) is 0 Å². The highest BCUT2D eigenvalue weighted by molar-refractivity contribution is 5.91. The molecule has 14 rings (SSSR count). The molecule has 7 aromatic rings. The second-order valence-electron chi connectivity index (χ2n) is 18.8. The van der Waals surface area contributed by atoms with Gasteiger partial charge in [0.1, 0.15) is 0 Å². The van der Waals surface area contributed by atoms with Crippen molar-refractivity contribution in [2.45, 2.75) is 68.6 Å². The largest absolute Gasteiger partial charge is 0.310 e. The minimum atomic E-state index is 0.122. The summed E-state index contributed by atoms with van der Waals surface area (Å²) in [5.41, 5.74) is 21.1. The van der Waals surface area contributed by atoms with Gasteiger partial charge in [-0.05, 0) is 171 Å². The fraction of sp³-hybridized carbons (Fsp3) is 0.263. The smallest absolute Gasteiger partial charge is 0.0473 e. The van der Waals surface area contributed by atoms with E-state index in [1.165, 1.54) is 119 Å². The average Bonchev–Trinajstić information content (AvgIpc) is 3.92. The summed E-state index contributed by atoms with van der Waals surface area (Å²) in [4.78, 5) is 2.62. The summed E-state index contributed by atoms with van der Waals surface area (Å²) in [7, 11) is 0. The van der Waals surface area contributed by atoms with Gasteiger partial charge >= 0.3 is 0 Å². The van der Waals surface area contributed by atoms with Crippen LogP contribution >= 0.6 is 0 Å². The van der Waals surface area contributed by atoms with Crippen molar-refractivity contribution >= 4 is 17.1 Å². The van der Waals surface area contributed by atoms with Gasteiger partial charge in [-0.2, -0.15) is 0 Å². The molecule has 0 N–H and O–H groups in total. The van der Waals surface area contributed by atoms with Crippen LogP contribution in [0.2, 0.25) is 0 Å². The van der Waals surface area contributed by atoms with Crippen molar-refractivity contribution in [3.63, 3.8) is 0 Å². The molecule has 0 aromatic heterocycles. The Balaban J connectivity index is 1.06. The third-order valence-corrected chi connectivity index (χ3v) is 16.2. The molecule has 4 bridgehead atoms. The lowest BCUT2D eigenvalue weighted by Crippen LogP contribution is -2.40. The Bertz CT molecular complexity index is 2690. The van der Waals surface area contributed by atoms with E-state index in [9.17, 15) is 0 Å². The van der Waals surface area contributed by atoms with Gasteiger partial charge in [0.05, 0.1) is 0 Å². The predicted octanol–water partition coefficient (Wildman–Crippen LogP) is 15.1. The molecule has 5 atom stereocenters. The Morgan fingerprint density at radius 3 is 1.72 bits per heavy atom. The summed E-state index contributed by atoms with van der Waals surface area (Å²) >= 11 is 0. The van der Waals surface area contributed by atoms with E-state index in [2.05, 4.69) is 169 Å². The minimum absolute atomic E-state index is 0.122. The fourth-order valence-corrected chi connectivity index (χ4v) is 14.2. The van der Waals surface area contributed by atoms with Gasteiger partial charge in [-0.1, -0.05) is 141 Å². The third-order valence-electron chi connectivity index (χ3n) is 16.2. The van der Waals surface area contributed by atoms with Crippen molar-refractivity contribution in [3.8, 4) is 44.5 Å². The molecule has 1 nitrogen and oxygen atoms in total. The zero-order valence-corrected chi connectivity index (χ0v) is 33.2. The van der Waals surface area contributed by atoms with Crippen molar-refractivity contribution in [2.24, 2.45) is 23.7 Å². The molecular weight excluding hydrogens is 699 g/mol. The van der Waals surface area contributed by atoms with Crippen LogP contribution in [-0.4, -0.2) is 0 Å². The SMILES string of the molecule is c1ccc(-c2cc(-c3ccccc3)cc(N(c3ccc4c(c3)-c3ccccc3C43CCCCC3)c3ccc4c(c3)C3(c5ccccc5-4)C4CC5CC(C4)C3C5)c2)cc1. The van der Waals surface area contributed by atoms with Crippen molar-refractivity contribution in [3.05, 3.63) is 186 Å². The first kappa shape index (κ1) is 33.3. The molecule has 7 aromatic carbocycles. The lowest BCUT2D eigenvalue weighted by Gasteiger charge is -2.44. The van der Waals surface area contributed by atoms with Crippen molar-refractivity contribution < 1.29 is 0 Å². The number of fused-ring (bicyclic) bond motifs is 8. The van der Waals surface area contributed by atoms with Gasteiger partial charge < -0.3 is 4.90 Å². The molecule has 2 spiro atoms. The quantitative estimate of drug-likeness (QED) is 0.169. The molecule has 5 unspecified atom stereocenters. The van der Waals surface area contributed by atoms with Crippen LogP contribution in [0.4, 0.5) is 17.1 Å². The van der Waals surface area contributed by atoms with Crippen LogP contribution in [0.25, 0.3) is 44.5 Å². The summed E-state index contributed by atoms with van der Waals surface area (Å²) < 4.78 is 0. The molecule has 0 saturated heterocycles. The van der Waals surface area contributed by atoms with Crippen molar-refractivity contribution in [2.75, 3.05) is 4.90 Å². The van der Waals surface area contributed by atoms with Gasteiger partial charge in [0.2, 0.25) is 0 Å². The van der Waals surface area contributed by atoms with E-state index in [1.807, 2.05) is 0 Å². The minimum Gasteiger partial charge on any atom is -0.310 e. The highest BCUT2D eigenvalue weighted by Crippen LogP contribution is 2.73. The summed E-state index contributed by atoms with van der Waals surface area (Å²) in [6.07, 6.45) is 12.1. The summed E-state index contributed by atoms with van der Waals surface area (Å²) in [6.45, 7) is 0. The Kier molecular flexibility index (Phi) is 7.14. The van der Waals surface area contributed by atoms with E-state index >= 15 is 0 Å². The molecule has 0 amide bonds. The summed E-state index contributed by atoms with van der Waals surface area (Å²) in [5.74, 6) is 3.27. The lowest BCUT2D eigenvalue weighted by molar-refractivity contribution is 0.191. The van der Waals surface area contributed by atoms with Crippen LogP contribution in [-0.2, 0) is 10.8 Å². The topological polar surface area (TPSA) is 3.24 Å². The zero-order chi connectivity index (χ0) is 38.0. The monoisotopic (exact) mass is 747 g/mol. The van der Waals surface area contributed by atoms with E-state index < -0.39 is 0 Å². The normalized spacial score (nSPS) is 24.8. The number of nitrogens with zero attached hydrogens (tertiary/aromatic N) is 1. The van der Waals surface area contributed by atoms with Crippen molar-refractivity contribution in [1.82, 2.24) is 0 Å². The Morgan fingerprint density at radius 1 is 0.397 bits per heavy atom. The second kappa shape index (κ2) is 12.4. The molecule has 0 radical (unpaired) electrons. The highest BCUT2D eigenvalue weighted by atomic mass is 15.1. The van der Waals surface area contributed by atoms with Gasteiger partial charge in [-0.3, -0.25) is 0 Å². The first-order valence-electron chi connectivity index (χ1n) is 22.2. The molecule has 58 heavy (non-hydrogen) atoms. The van der Waals surface area contributed by atoms with Crippen LogP contribution in [0.5, 0.6) is 0 Å². The van der Waals surface area contributed by atoms with E-state index in [0.717, 1.165) is 23.7 Å². The summed E-state index contributed by atoms with van der Waals surface area (Å²) in [6, 6.07) is 63.3. The van der Waals surface area contributed by atoms with Crippen LogP contribution in [0.3, 0.4) is 0 Å². The molecule has 5 fully saturated rings. The lowest BCUT2D eigenvalue weighted by atomic mass is 9.59. The number of hydrogen-bond donors (Lipinski definition) is 0. The molecular formula is C57H49N. The number of hydrogen-bond acceptors (Lipinski definition) is 1. The van der Waals surface area contributed by atoms with Crippen LogP contribution < -0.4 is 4.90 Å². The van der Waals surface area contributed by atoms with Crippen LogP contribution in [0.1, 0.15) is 80.0 Å². The molecule has 282 valence electrons.